The zero-order valence-corrected chi connectivity index (χ0v) is 16.8. The number of benzene rings is 1. The van der Waals surface area contributed by atoms with E-state index >= 15 is 0 Å². The van der Waals surface area contributed by atoms with E-state index in [4.69, 9.17) is 11.6 Å². The molecule has 0 spiro atoms. The topological polar surface area (TPSA) is 46.4 Å². The summed E-state index contributed by atoms with van der Waals surface area (Å²) in [7, 11) is 0. The molecule has 2 heterocycles. The molecule has 0 saturated heterocycles. The second-order valence-electron chi connectivity index (χ2n) is 7.02. The molecular weight excluding hydrogens is 403 g/mol. The van der Waals surface area contributed by atoms with Crippen molar-refractivity contribution in [3.63, 3.8) is 0 Å². The highest BCUT2D eigenvalue weighted by Crippen LogP contribution is 2.34. The van der Waals surface area contributed by atoms with E-state index in [1.807, 2.05) is 13.8 Å². The van der Waals surface area contributed by atoms with Gasteiger partial charge in [0.25, 0.3) is 0 Å². The first-order valence-electron chi connectivity index (χ1n) is 9.28. The van der Waals surface area contributed by atoms with Gasteiger partial charge in [0.2, 0.25) is 5.91 Å². The Balaban J connectivity index is 2.07. The van der Waals surface area contributed by atoms with Gasteiger partial charge in [0.15, 0.2) is 0 Å². The Morgan fingerprint density at radius 1 is 1.28 bits per heavy atom. The van der Waals surface area contributed by atoms with Gasteiger partial charge >= 0.3 is 6.18 Å². The van der Waals surface area contributed by atoms with E-state index in [9.17, 15) is 18.0 Å². The highest BCUT2D eigenvalue weighted by atomic mass is 35.5. The molecule has 29 heavy (non-hydrogen) atoms. The number of nitrogens with one attached hydrogen (secondary N) is 1. The number of nitrogens with zero attached hydrogens (tertiary/aromatic N) is 2. The van der Waals surface area contributed by atoms with Crippen LogP contribution in [0.1, 0.15) is 49.4 Å². The van der Waals surface area contributed by atoms with Crippen LogP contribution in [0.5, 0.6) is 0 Å². The van der Waals surface area contributed by atoms with Crippen LogP contribution in [0, 0.1) is 0 Å². The molecule has 3 rings (SSSR count). The third kappa shape index (κ3) is 4.90. The lowest BCUT2D eigenvalue weighted by Gasteiger charge is -2.20. The van der Waals surface area contributed by atoms with E-state index in [1.165, 1.54) is 6.07 Å². The number of carbonyl (C=O) groups excluding carboxylic acids is 1. The zero-order chi connectivity index (χ0) is 21.2. The van der Waals surface area contributed by atoms with Crippen molar-refractivity contribution in [2.45, 2.75) is 44.8 Å². The van der Waals surface area contributed by atoms with Crippen molar-refractivity contribution >= 4 is 23.2 Å². The average Bonchev–Trinajstić information content (AvgIpc) is 3.08. The third-order valence-electron chi connectivity index (χ3n) is 4.88. The lowest BCUT2D eigenvalue weighted by Crippen LogP contribution is -2.33. The van der Waals surface area contributed by atoms with Crippen molar-refractivity contribution in [3.8, 4) is 0 Å². The minimum Gasteiger partial charge on any atom is -0.354 e. The fourth-order valence-corrected chi connectivity index (χ4v) is 3.34. The van der Waals surface area contributed by atoms with Gasteiger partial charge in [-0.15, -0.1) is 0 Å². The summed E-state index contributed by atoms with van der Waals surface area (Å²) in [6, 6.07) is 8.43. The molecule has 1 aromatic carbocycles. The second kappa shape index (κ2) is 8.45. The minimum atomic E-state index is -4.47. The second-order valence-corrected chi connectivity index (χ2v) is 7.45. The normalized spacial score (nSPS) is 14.0. The van der Waals surface area contributed by atoms with E-state index in [-0.39, 0.29) is 18.4 Å². The van der Waals surface area contributed by atoms with E-state index in [1.54, 1.807) is 35.0 Å². The van der Waals surface area contributed by atoms with Gasteiger partial charge in [-0.2, -0.15) is 13.2 Å². The van der Waals surface area contributed by atoms with Crippen LogP contribution in [0.15, 0.2) is 48.8 Å². The standard InChI is InChI=1S/C21H21ClF3N3O/c1-3-13(2)27-20(29)10-17(14-5-4-6-15(9-14)21(23,24)25)18-11-26-19-8-7-16(22)12-28(18)19/h4-9,11-13,17H,3,10H2,1-2H3,(H,27,29). The van der Waals surface area contributed by atoms with Crippen molar-refractivity contribution < 1.29 is 18.0 Å². The maximum absolute atomic E-state index is 13.2. The monoisotopic (exact) mass is 423 g/mol. The number of carbonyl (C=O) groups is 1. The molecule has 8 heteroatoms. The zero-order valence-electron chi connectivity index (χ0n) is 16.0. The van der Waals surface area contributed by atoms with Crippen LogP contribution in [0.2, 0.25) is 5.02 Å². The van der Waals surface area contributed by atoms with Gasteiger partial charge in [-0.25, -0.2) is 4.98 Å². The first-order chi connectivity index (χ1) is 13.7. The number of hydrogen-bond donors (Lipinski definition) is 1. The van der Waals surface area contributed by atoms with E-state index < -0.39 is 17.7 Å². The predicted octanol–water partition coefficient (Wildman–Crippen LogP) is 5.44. The Labute approximate surface area is 171 Å². The summed E-state index contributed by atoms with van der Waals surface area (Å²) in [5.74, 6) is -0.853. The van der Waals surface area contributed by atoms with Crippen LogP contribution in [0.25, 0.3) is 5.65 Å². The molecule has 0 bridgehead atoms. The average molecular weight is 424 g/mol. The maximum atomic E-state index is 13.2. The summed E-state index contributed by atoms with van der Waals surface area (Å²) in [6.45, 7) is 3.83. The number of imidazole rings is 1. The molecule has 0 fully saturated rings. The first-order valence-corrected chi connectivity index (χ1v) is 9.66. The number of aromatic nitrogens is 2. The van der Waals surface area contributed by atoms with Crippen molar-refractivity contribution in [1.82, 2.24) is 14.7 Å². The first kappa shape index (κ1) is 21.2. The molecule has 0 saturated carbocycles. The number of alkyl halides is 3. The van der Waals surface area contributed by atoms with Crippen molar-refractivity contribution in [2.24, 2.45) is 0 Å². The third-order valence-corrected chi connectivity index (χ3v) is 5.10. The smallest absolute Gasteiger partial charge is 0.354 e. The molecule has 2 aromatic heterocycles. The number of rotatable bonds is 6. The van der Waals surface area contributed by atoms with Crippen molar-refractivity contribution in [1.29, 1.82) is 0 Å². The van der Waals surface area contributed by atoms with Crippen LogP contribution in [-0.4, -0.2) is 21.3 Å². The largest absolute Gasteiger partial charge is 0.416 e. The van der Waals surface area contributed by atoms with Gasteiger partial charge in [0, 0.05) is 30.8 Å². The van der Waals surface area contributed by atoms with E-state index in [2.05, 4.69) is 10.3 Å². The van der Waals surface area contributed by atoms with E-state index in [0.29, 0.717) is 21.9 Å². The quantitative estimate of drug-likeness (QED) is 0.573. The Kier molecular flexibility index (Phi) is 6.17. The number of hydrogen-bond acceptors (Lipinski definition) is 2. The van der Waals surface area contributed by atoms with Crippen LogP contribution >= 0.6 is 11.6 Å². The van der Waals surface area contributed by atoms with Crippen molar-refractivity contribution in [2.75, 3.05) is 0 Å². The predicted molar refractivity (Wildman–Crippen MR) is 106 cm³/mol. The minimum absolute atomic E-state index is 0.00798. The molecule has 2 atom stereocenters. The van der Waals surface area contributed by atoms with Gasteiger partial charge in [0.1, 0.15) is 5.65 Å². The number of amides is 1. The van der Waals surface area contributed by atoms with Crippen LogP contribution < -0.4 is 5.32 Å². The summed E-state index contributed by atoms with van der Waals surface area (Å²) in [6.07, 6.45) is -0.501. The van der Waals surface area contributed by atoms with Gasteiger partial charge in [0.05, 0.1) is 16.3 Å². The van der Waals surface area contributed by atoms with Crippen molar-refractivity contribution in [3.05, 3.63) is 70.6 Å². The number of pyridine rings is 1. The Bertz CT molecular complexity index is 1020. The Hall–Kier alpha value is -2.54. The summed E-state index contributed by atoms with van der Waals surface area (Å²) in [5.41, 5.74) is 0.833. The molecule has 0 aliphatic carbocycles. The molecule has 4 nitrogen and oxygen atoms in total. The van der Waals surface area contributed by atoms with Gasteiger partial charge in [-0.1, -0.05) is 36.7 Å². The van der Waals surface area contributed by atoms with E-state index in [0.717, 1.165) is 18.6 Å². The summed E-state index contributed by atoms with van der Waals surface area (Å²) in [4.78, 5) is 16.9. The summed E-state index contributed by atoms with van der Waals surface area (Å²) in [5, 5.41) is 3.34. The molecule has 0 aliphatic rings. The lowest BCUT2D eigenvalue weighted by molar-refractivity contribution is -0.137. The van der Waals surface area contributed by atoms with Gasteiger partial charge in [-0.3, -0.25) is 4.79 Å². The summed E-state index contributed by atoms with van der Waals surface area (Å²) < 4.78 is 41.4. The molecular formula is C21H21ClF3N3O. The highest BCUT2D eigenvalue weighted by molar-refractivity contribution is 6.30. The molecule has 2 unspecified atom stereocenters. The molecule has 0 aliphatic heterocycles. The Morgan fingerprint density at radius 3 is 2.72 bits per heavy atom. The molecule has 1 N–H and O–H groups in total. The molecule has 154 valence electrons. The fourth-order valence-electron chi connectivity index (χ4n) is 3.18. The fraction of sp³-hybridized carbons (Fsp3) is 0.333. The summed E-state index contributed by atoms with van der Waals surface area (Å²) >= 11 is 6.10. The highest BCUT2D eigenvalue weighted by Gasteiger charge is 2.32. The van der Waals surface area contributed by atoms with Gasteiger partial charge < -0.3 is 9.72 Å². The molecule has 3 aromatic rings. The maximum Gasteiger partial charge on any atom is 0.416 e. The SMILES string of the molecule is CCC(C)NC(=O)CC(c1cccc(C(F)(F)F)c1)c1cnc2ccc(Cl)cn12. The Morgan fingerprint density at radius 2 is 2.03 bits per heavy atom. The van der Waals surface area contributed by atoms with Crippen LogP contribution in [0.3, 0.4) is 0 Å². The lowest BCUT2D eigenvalue weighted by atomic mass is 9.91. The molecule has 1 amide bonds. The van der Waals surface area contributed by atoms with Crippen LogP contribution in [0.4, 0.5) is 13.2 Å². The number of halogens is 4. The number of fused-ring (bicyclic) bond motifs is 1. The van der Waals surface area contributed by atoms with Crippen LogP contribution in [-0.2, 0) is 11.0 Å². The van der Waals surface area contributed by atoms with Gasteiger partial charge in [-0.05, 0) is 37.1 Å². The molecule has 0 radical (unpaired) electrons.